The summed E-state index contributed by atoms with van der Waals surface area (Å²) in [6.07, 6.45) is 1.67. The van der Waals surface area contributed by atoms with Gasteiger partial charge in [-0.3, -0.25) is 14.6 Å². The predicted octanol–water partition coefficient (Wildman–Crippen LogP) is 4.00. The maximum Gasteiger partial charge on any atom is 0.286 e. The fourth-order valence-corrected chi connectivity index (χ4v) is 3.60. The Morgan fingerprint density at radius 1 is 0.970 bits per heavy atom. The lowest BCUT2D eigenvalue weighted by molar-refractivity contribution is 0.0949. The van der Waals surface area contributed by atoms with Crippen LogP contribution >= 0.6 is 11.3 Å². The molecule has 2 aromatic carbocycles. The number of anilines is 1. The number of pyridine rings is 1. The number of rotatable bonds is 8. The van der Waals surface area contributed by atoms with Gasteiger partial charge in [0.1, 0.15) is 12.4 Å². The highest BCUT2D eigenvalue weighted by Gasteiger charge is 2.15. The molecule has 2 amide bonds. The number of carbonyl (C=O) groups excluding carboxylic acids is 2. The molecule has 4 aromatic rings. The van der Waals surface area contributed by atoms with Crippen molar-refractivity contribution >= 4 is 28.8 Å². The van der Waals surface area contributed by atoms with Crippen molar-refractivity contribution in [2.75, 3.05) is 5.32 Å². The van der Waals surface area contributed by atoms with Crippen LogP contribution in [0.15, 0.2) is 72.9 Å². The van der Waals surface area contributed by atoms with Gasteiger partial charge in [-0.25, -0.2) is 0 Å². The zero-order chi connectivity index (χ0) is 23.0. The van der Waals surface area contributed by atoms with Crippen LogP contribution in [0.4, 0.5) is 5.69 Å². The highest BCUT2D eigenvalue weighted by molar-refractivity contribution is 7.13. The second kappa shape index (κ2) is 10.5. The molecule has 2 aromatic heterocycles. The summed E-state index contributed by atoms with van der Waals surface area (Å²) in [5, 5.41) is 14.4. The largest absolute Gasteiger partial charge is 0.486 e. The van der Waals surface area contributed by atoms with E-state index in [9.17, 15) is 9.59 Å². The van der Waals surface area contributed by atoms with Crippen molar-refractivity contribution in [1.29, 1.82) is 0 Å². The lowest BCUT2D eigenvalue weighted by atomic mass is 10.2. The van der Waals surface area contributed by atoms with Crippen LogP contribution in [0.3, 0.4) is 0 Å². The van der Waals surface area contributed by atoms with Gasteiger partial charge in [0.05, 0.1) is 12.2 Å². The van der Waals surface area contributed by atoms with E-state index in [1.54, 1.807) is 30.5 Å². The first kappa shape index (κ1) is 22.1. The van der Waals surface area contributed by atoms with E-state index < -0.39 is 5.91 Å². The Balaban J connectivity index is 1.33. The van der Waals surface area contributed by atoms with Crippen molar-refractivity contribution in [1.82, 2.24) is 20.5 Å². The van der Waals surface area contributed by atoms with Gasteiger partial charge < -0.3 is 15.4 Å². The summed E-state index contributed by atoms with van der Waals surface area (Å²) in [5.74, 6) is 0.0675. The summed E-state index contributed by atoms with van der Waals surface area (Å²) < 4.78 is 5.71. The second-order valence-corrected chi connectivity index (χ2v) is 8.21. The quantitative estimate of drug-likeness (QED) is 0.413. The number of aromatic nitrogens is 3. The second-order valence-electron chi connectivity index (χ2n) is 7.14. The SMILES string of the molecule is Cc1cccc(OCc2nnc(C(=O)Nc3cccc(C(=O)NCc4ccccn4)c3)s2)c1. The zero-order valence-electron chi connectivity index (χ0n) is 17.8. The smallest absolute Gasteiger partial charge is 0.286 e. The summed E-state index contributed by atoms with van der Waals surface area (Å²) in [4.78, 5) is 29.2. The first-order valence-electron chi connectivity index (χ1n) is 10.2. The van der Waals surface area contributed by atoms with Crippen molar-refractivity contribution in [2.45, 2.75) is 20.1 Å². The number of nitrogens with zero attached hydrogens (tertiary/aromatic N) is 3. The number of benzene rings is 2. The monoisotopic (exact) mass is 459 g/mol. The first-order chi connectivity index (χ1) is 16.1. The normalized spacial score (nSPS) is 10.5. The van der Waals surface area contributed by atoms with Crippen LogP contribution < -0.4 is 15.4 Å². The number of ether oxygens (including phenoxy) is 1. The molecule has 4 rings (SSSR count). The molecule has 166 valence electrons. The lowest BCUT2D eigenvalue weighted by Gasteiger charge is -2.07. The van der Waals surface area contributed by atoms with Gasteiger partial charge in [-0.05, 0) is 55.0 Å². The van der Waals surface area contributed by atoms with Gasteiger partial charge in [-0.1, -0.05) is 35.6 Å². The fraction of sp³-hybridized carbons (Fsp3) is 0.125. The Hall–Kier alpha value is -4.11. The van der Waals surface area contributed by atoms with E-state index in [4.69, 9.17) is 4.74 Å². The predicted molar refractivity (Wildman–Crippen MR) is 125 cm³/mol. The van der Waals surface area contributed by atoms with Crippen LogP contribution in [-0.4, -0.2) is 27.0 Å². The van der Waals surface area contributed by atoms with Gasteiger partial charge in [0.15, 0.2) is 5.01 Å². The Bertz CT molecular complexity index is 1260. The summed E-state index contributed by atoms with van der Waals surface area (Å²) in [5.41, 5.74) is 2.76. The number of hydrogen-bond acceptors (Lipinski definition) is 7. The Kier molecular flexibility index (Phi) is 7.01. The third kappa shape index (κ3) is 6.20. The highest BCUT2D eigenvalue weighted by atomic mass is 32.1. The first-order valence-corrected chi connectivity index (χ1v) is 11.0. The minimum absolute atomic E-state index is 0.211. The molecule has 0 aliphatic rings. The maximum absolute atomic E-state index is 12.6. The van der Waals surface area contributed by atoms with Crippen molar-refractivity contribution in [3.05, 3.63) is 99.8 Å². The molecule has 0 aliphatic carbocycles. The molecule has 2 heterocycles. The zero-order valence-corrected chi connectivity index (χ0v) is 18.6. The van der Waals surface area contributed by atoms with Gasteiger partial charge in [0.2, 0.25) is 5.01 Å². The van der Waals surface area contributed by atoms with Crippen LogP contribution in [0.25, 0.3) is 0 Å². The molecule has 0 atom stereocenters. The molecule has 0 bridgehead atoms. The van der Waals surface area contributed by atoms with Gasteiger partial charge in [-0.15, -0.1) is 10.2 Å². The van der Waals surface area contributed by atoms with E-state index in [2.05, 4.69) is 25.8 Å². The summed E-state index contributed by atoms with van der Waals surface area (Å²) in [6, 6.07) is 19.9. The third-order valence-corrected chi connectivity index (χ3v) is 5.45. The summed E-state index contributed by atoms with van der Waals surface area (Å²) in [7, 11) is 0. The molecule has 0 aliphatic heterocycles. The van der Waals surface area contributed by atoms with E-state index in [1.165, 1.54) is 0 Å². The Morgan fingerprint density at radius 2 is 1.85 bits per heavy atom. The van der Waals surface area contributed by atoms with Crippen LogP contribution in [0.1, 0.15) is 36.4 Å². The molecule has 0 fully saturated rings. The standard InChI is InChI=1S/C24H21N5O3S/c1-16-6-4-10-20(12-16)32-15-21-28-29-24(33-21)23(31)27-18-9-5-7-17(13-18)22(30)26-14-19-8-2-3-11-25-19/h2-13H,14-15H2,1H3,(H,26,30)(H,27,31). The molecule has 9 heteroatoms. The number of nitrogens with one attached hydrogen (secondary N) is 2. The summed E-state index contributed by atoms with van der Waals surface area (Å²) in [6.45, 7) is 2.52. The third-order valence-electron chi connectivity index (χ3n) is 4.55. The van der Waals surface area contributed by atoms with Crippen LogP contribution in [0.5, 0.6) is 5.75 Å². The molecule has 0 radical (unpaired) electrons. The minimum atomic E-state index is -0.402. The molecule has 0 unspecified atom stereocenters. The Morgan fingerprint density at radius 3 is 2.67 bits per heavy atom. The van der Waals surface area contributed by atoms with Gasteiger partial charge in [-0.2, -0.15) is 0 Å². The van der Waals surface area contributed by atoms with Crippen LogP contribution in [0.2, 0.25) is 0 Å². The molecule has 8 nitrogen and oxygen atoms in total. The number of aryl methyl sites for hydroxylation is 1. The molecular formula is C24H21N5O3S. The van der Waals surface area contributed by atoms with Gasteiger partial charge in [0, 0.05) is 17.4 Å². The minimum Gasteiger partial charge on any atom is -0.486 e. The number of carbonyl (C=O) groups is 2. The maximum atomic E-state index is 12.6. The van der Waals surface area contributed by atoms with E-state index in [0.717, 1.165) is 28.3 Å². The number of amides is 2. The molecule has 33 heavy (non-hydrogen) atoms. The van der Waals surface area contributed by atoms with Crippen molar-refractivity contribution in [2.24, 2.45) is 0 Å². The van der Waals surface area contributed by atoms with Crippen molar-refractivity contribution < 1.29 is 14.3 Å². The lowest BCUT2D eigenvalue weighted by Crippen LogP contribution is -2.23. The number of hydrogen-bond donors (Lipinski definition) is 2. The molecule has 2 N–H and O–H groups in total. The molecular weight excluding hydrogens is 438 g/mol. The van der Waals surface area contributed by atoms with E-state index >= 15 is 0 Å². The fourth-order valence-electron chi connectivity index (χ4n) is 2.95. The van der Waals surface area contributed by atoms with Crippen LogP contribution in [-0.2, 0) is 13.2 Å². The van der Waals surface area contributed by atoms with E-state index in [1.807, 2.05) is 49.4 Å². The topological polar surface area (TPSA) is 106 Å². The molecule has 0 spiro atoms. The highest BCUT2D eigenvalue weighted by Crippen LogP contribution is 2.18. The molecule has 0 saturated heterocycles. The van der Waals surface area contributed by atoms with Gasteiger partial charge in [0.25, 0.3) is 11.8 Å². The Labute approximate surface area is 194 Å². The van der Waals surface area contributed by atoms with Crippen LogP contribution in [0, 0.1) is 6.92 Å². The average molecular weight is 460 g/mol. The van der Waals surface area contributed by atoms with Gasteiger partial charge >= 0.3 is 0 Å². The summed E-state index contributed by atoms with van der Waals surface area (Å²) >= 11 is 1.15. The average Bonchev–Trinajstić information content (AvgIpc) is 3.31. The van der Waals surface area contributed by atoms with Crippen molar-refractivity contribution in [3.63, 3.8) is 0 Å². The molecule has 0 saturated carbocycles. The van der Waals surface area contributed by atoms with Crippen molar-refractivity contribution in [3.8, 4) is 5.75 Å². The van der Waals surface area contributed by atoms with E-state index in [-0.39, 0.29) is 17.5 Å². The van der Waals surface area contributed by atoms with E-state index in [0.29, 0.717) is 22.8 Å².